The smallest absolute Gasteiger partial charge is 0.236 e. The highest BCUT2D eigenvalue weighted by atomic mass is 16.5. The lowest BCUT2D eigenvalue weighted by Crippen LogP contribution is -2.11. The summed E-state index contributed by atoms with van der Waals surface area (Å²) < 4.78 is 11.9. The molecule has 3 atom stereocenters. The van der Waals surface area contributed by atoms with Crippen molar-refractivity contribution in [2.45, 2.75) is 24.1 Å². The summed E-state index contributed by atoms with van der Waals surface area (Å²) in [5, 5.41) is 0. The molecule has 29 heavy (non-hydrogen) atoms. The van der Waals surface area contributed by atoms with E-state index in [1.165, 1.54) is 5.56 Å². The van der Waals surface area contributed by atoms with Gasteiger partial charge in [-0.3, -0.25) is 0 Å². The molecule has 1 saturated carbocycles. The van der Waals surface area contributed by atoms with E-state index in [1.54, 1.807) is 0 Å². The zero-order chi connectivity index (χ0) is 19.3. The number of hydrogen-bond donors (Lipinski definition) is 0. The zero-order valence-electron chi connectivity index (χ0n) is 15.7. The molecule has 1 aliphatic carbocycles. The largest absolute Gasteiger partial charge is 0.474 e. The molecule has 5 heteroatoms. The summed E-state index contributed by atoms with van der Waals surface area (Å²) in [6.45, 7) is 0.530. The first-order valence-electron chi connectivity index (χ1n) is 9.87. The highest BCUT2D eigenvalue weighted by Gasteiger charge is 2.62. The van der Waals surface area contributed by atoms with E-state index in [1.807, 2.05) is 54.6 Å². The van der Waals surface area contributed by atoms with E-state index in [0.717, 1.165) is 17.7 Å². The molecule has 5 nitrogen and oxygen atoms in total. The van der Waals surface area contributed by atoms with Crippen LogP contribution in [0.3, 0.4) is 0 Å². The topological polar surface area (TPSA) is 56.1 Å². The summed E-state index contributed by atoms with van der Waals surface area (Å²) in [6.07, 6.45) is 1.03. The third kappa shape index (κ3) is 2.73. The molecule has 142 valence electrons. The second-order valence-corrected chi connectivity index (χ2v) is 7.60. The molecule has 0 bridgehead atoms. The molecule has 2 aromatic carbocycles. The van der Waals surface area contributed by atoms with E-state index in [2.05, 4.69) is 24.3 Å². The minimum atomic E-state index is -0.242. The normalized spacial score (nSPS) is 26.8. The molecule has 1 aromatic heterocycles. The van der Waals surface area contributed by atoms with Gasteiger partial charge in [0.05, 0.1) is 0 Å². The van der Waals surface area contributed by atoms with Crippen molar-refractivity contribution in [1.82, 2.24) is 4.98 Å². The van der Waals surface area contributed by atoms with Crippen molar-refractivity contribution in [1.29, 1.82) is 0 Å². The fourth-order valence-corrected chi connectivity index (χ4v) is 4.07. The highest BCUT2D eigenvalue weighted by molar-refractivity contribution is 5.98. The summed E-state index contributed by atoms with van der Waals surface area (Å²) in [5.74, 6) is 1.17. The lowest BCUT2D eigenvalue weighted by atomic mass is 10.1. The van der Waals surface area contributed by atoms with Crippen molar-refractivity contribution in [3.05, 3.63) is 101 Å². The molecule has 2 aliphatic heterocycles. The minimum absolute atomic E-state index is 0.00530. The van der Waals surface area contributed by atoms with Gasteiger partial charge in [-0.05, 0) is 23.3 Å². The molecule has 3 aliphatic rings. The van der Waals surface area contributed by atoms with Gasteiger partial charge in [-0.2, -0.15) is 0 Å². The van der Waals surface area contributed by atoms with Crippen molar-refractivity contribution >= 4 is 11.8 Å². The standard InChI is InChI=1S/C24H19N3O2/c1-3-8-16(9-4-1)20-15-28-22(26-20)18-12-7-13-19(25-18)23-27-24(14-21(24)29-23)17-10-5-2-6-11-17/h1-13,20-21H,14-15H2/t20-,21?,24+/m0/s1. The van der Waals surface area contributed by atoms with Gasteiger partial charge in [0.15, 0.2) is 0 Å². The lowest BCUT2D eigenvalue weighted by molar-refractivity contribution is 0.292. The Morgan fingerprint density at radius 3 is 2.31 bits per heavy atom. The van der Waals surface area contributed by atoms with Crippen LogP contribution in [0.5, 0.6) is 0 Å². The summed E-state index contributed by atoms with van der Waals surface area (Å²) in [4.78, 5) is 14.4. The quantitative estimate of drug-likeness (QED) is 0.685. The predicted octanol–water partition coefficient (Wildman–Crippen LogP) is 4.04. The molecule has 0 N–H and O–H groups in total. The fraction of sp³-hybridized carbons (Fsp3) is 0.208. The van der Waals surface area contributed by atoms with Gasteiger partial charge in [0, 0.05) is 6.42 Å². The molecule has 6 rings (SSSR count). The Hall–Kier alpha value is -3.47. The second-order valence-electron chi connectivity index (χ2n) is 7.60. The van der Waals surface area contributed by atoms with Gasteiger partial charge >= 0.3 is 0 Å². The molecule has 0 spiro atoms. The first kappa shape index (κ1) is 16.5. The number of ether oxygens (including phenoxy) is 2. The number of fused-ring (bicyclic) bond motifs is 1. The molecular formula is C24H19N3O2. The molecule has 3 heterocycles. The van der Waals surface area contributed by atoms with Gasteiger partial charge in [0.1, 0.15) is 35.7 Å². The molecule has 3 aromatic rings. The van der Waals surface area contributed by atoms with Crippen molar-refractivity contribution in [3.8, 4) is 0 Å². The number of hydrogen-bond acceptors (Lipinski definition) is 5. The Morgan fingerprint density at radius 2 is 1.52 bits per heavy atom. The average Bonchev–Trinajstić information content (AvgIpc) is 3.15. The van der Waals surface area contributed by atoms with E-state index in [4.69, 9.17) is 24.4 Å². The number of aromatic nitrogens is 1. The Balaban J connectivity index is 1.29. The van der Waals surface area contributed by atoms with Crippen LogP contribution >= 0.6 is 0 Å². The third-order valence-corrected chi connectivity index (χ3v) is 5.72. The van der Waals surface area contributed by atoms with Crippen molar-refractivity contribution in [2.24, 2.45) is 9.98 Å². The van der Waals surface area contributed by atoms with E-state index >= 15 is 0 Å². The summed E-state index contributed by atoms with van der Waals surface area (Å²) >= 11 is 0. The van der Waals surface area contributed by atoms with E-state index in [9.17, 15) is 0 Å². The van der Waals surface area contributed by atoms with Crippen LogP contribution in [0.25, 0.3) is 0 Å². The fourth-order valence-electron chi connectivity index (χ4n) is 4.07. The lowest BCUT2D eigenvalue weighted by Gasteiger charge is -2.07. The third-order valence-electron chi connectivity index (χ3n) is 5.72. The van der Waals surface area contributed by atoms with E-state index in [-0.39, 0.29) is 17.7 Å². The number of nitrogens with zero attached hydrogens (tertiary/aromatic N) is 3. The maximum Gasteiger partial charge on any atom is 0.236 e. The first-order valence-corrected chi connectivity index (χ1v) is 9.87. The van der Waals surface area contributed by atoms with Crippen LogP contribution in [0.2, 0.25) is 0 Å². The SMILES string of the molecule is c1ccc([C@@H]2COC(c3cccc(C4=N[C@@]5(c6ccccc6)CC5O4)n3)=N2)cc1. The van der Waals surface area contributed by atoms with E-state index in [0.29, 0.717) is 24.1 Å². The van der Waals surface area contributed by atoms with Gasteiger partial charge in [-0.25, -0.2) is 15.0 Å². The van der Waals surface area contributed by atoms with Crippen LogP contribution in [0, 0.1) is 0 Å². The van der Waals surface area contributed by atoms with Gasteiger partial charge in [0.2, 0.25) is 11.8 Å². The van der Waals surface area contributed by atoms with Gasteiger partial charge < -0.3 is 9.47 Å². The summed E-state index contributed by atoms with van der Waals surface area (Å²) in [5.41, 5.74) is 3.53. The van der Waals surface area contributed by atoms with Gasteiger partial charge in [-0.1, -0.05) is 66.7 Å². The van der Waals surface area contributed by atoms with Crippen molar-refractivity contribution in [3.63, 3.8) is 0 Å². The summed E-state index contributed by atoms with van der Waals surface area (Å²) in [7, 11) is 0. The molecule has 0 amide bonds. The molecular weight excluding hydrogens is 362 g/mol. The Bertz CT molecular complexity index is 1130. The maximum absolute atomic E-state index is 6.09. The van der Waals surface area contributed by atoms with Crippen LogP contribution in [-0.4, -0.2) is 29.5 Å². The van der Waals surface area contributed by atoms with Crippen molar-refractivity contribution in [2.75, 3.05) is 6.61 Å². The zero-order valence-corrected chi connectivity index (χ0v) is 15.7. The average molecular weight is 381 g/mol. The number of benzene rings is 2. The van der Waals surface area contributed by atoms with Crippen LogP contribution in [0.1, 0.15) is 35.0 Å². The maximum atomic E-state index is 6.09. The van der Waals surface area contributed by atoms with Crippen LogP contribution in [-0.2, 0) is 15.0 Å². The van der Waals surface area contributed by atoms with Crippen LogP contribution in [0.15, 0.2) is 88.8 Å². The molecule has 1 fully saturated rings. The van der Waals surface area contributed by atoms with E-state index < -0.39 is 0 Å². The first-order chi connectivity index (χ1) is 14.3. The van der Waals surface area contributed by atoms with Crippen LogP contribution < -0.4 is 0 Å². The number of rotatable bonds is 4. The second kappa shape index (κ2) is 6.27. The predicted molar refractivity (Wildman–Crippen MR) is 110 cm³/mol. The molecule has 1 unspecified atom stereocenters. The molecule has 0 radical (unpaired) electrons. The Labute approximate surface area is 168 Å². The minimum Gasteiger partial charge on any atom is -0.474 e. The van der Waals surface area contributed by atoms with Gasteiger partial charge in [-0.15, -0.1) is 0 Å². The Morgan fingerprint density at radius 1 is 0.793 bits per heavy atom. The van der Waals surface area contributed by atoms with Gasteiger partial charge in [0.25, 0.3) is 0 Å². The number of aliphatic imine (C=N–C) groups is 2. The molecule has 0 saturated heterocycles. The van der Waals surface area contributed by atoms with Crippen molar-refractivity contribution < 1.29 is 9.47 Å². The van der Waals surface area contributed by atoms with Crippen LogP contribution in [0.4, 0.5) is 0 Å². The summed E-state index contributed by atoms with van der Waals surface area (Å²) in [6, 6.07) is 26.3. The monoisotopic (exact) mass is 381 g/mol. The highest BCUT2D eigenvalue weighted by Crippen LogP contribution is 2.55. The Kier molecular flexibility index (Phi) is 3.57. The number of pyridine rings is 1.